The predicted octanol–water partition coefficient (Wildman–Crippen LogP) is 3.77. The quantitative estimate of drug-likeness (QED) is 0.834. The van der Waals surface area contributed by atoms with E-state index in [2.05, 4.69) is 12.2 Å². The van der Waals surface area contributed by atoms with Crippen molar-refractivity contribution in [1.29, 1.82) is 0 Å². The van der Waals surface area contributed by atoms with Gasteiger partial charge < -0.3 is 5.32 Å². The molecule has 17 heavy (non-hydrogen) atoms. The number of halogens is 2. The van der Waals surface area contributed by atoms with Crippen molar-refractivity contribution in [2.75, 3.05) is 5.32 Å². The smallest absolute Gasteiger partial charge is 0.233 e. The zero-order chi connectivity index (χ0) is 12.7. The van der Waals surface area contributed by atoms with Crippen molar-refractivity contribution in [2.24, 2.45) is 5.41 Å². The number of anilines is 1. The fourth-order valence-corrected chi connectivity index (χ4v) is 2.56. The Morgan fingerprint density at radius 3 is 2.53 bits per heavy atom. The summed E-state index contributed by atoms with van der Waals surface area (Å²) in [6.07, 6.45) is 1.38. The van der Waals surface area contributed by atoms with Crippen LogP contribution in [-0.2, 0) is 11.2 Å². The molecule has 1 aromatic rings. The molecule has 92 valence electrons. The molecule has 0 aromatic heterocycles. The van der Waals surface area contributed by atoms with Crippen LogP contribution in [0.3, 0.4) is 0 Å². The molecule has 1 fully saturated rings. The van der Waals surface area contributed by atoms with Gasteiger partial charge in [-0.2, -0.15) is 0 Å². The lowest BCUT2D eigenvalue weighted by molar-refractivity contribution is -0.120. The van der Waals surface area contributed by atoms with Crippen molar-refractivity contribution >= 4 is 34.8 Å². The molecule has 0 spiro atoms. The summed E-state index contributed by atoms with van der Waals surface area (Å²) in [4.78, 5) is 12.1. The minimum Gasteiger partial charge on any atom is -0.325 e. The van der Waals surface area contributed by atoms with Crippen molar-refractivity contribution in [2.45, 2.75) is 31.0 Å². The van der Waals surface area contributed by atoms with Gasteiger partial charge in [0.1, 0.15) is 4.33 Å². The minimum absolute atomic E-state index is 0.108. The van der Waals surface area contributed by atoms with Crippen molar-refractivity contribution in [3.63, 3.8) is 0 Å². The van der Waals surface area contributed by atoms with E-state index in [1.807, 2.05) is 24.3 Å². The number of hydrogen-bond donors (Lipinski definition) is 1. The first-order valence-electron chi connectivity index (χ1n) is 5.68. The highest BCUT2D eigenvalue weighted by Gasteiger charge is 2.67. The average Bonchev–Trinajstić information content (AvgIpc) is 2.80. The largest absolute Gasteiger partial charge is 0.325 e. The van der Waals surface area contributed by atoms with Gasteiger partial charge in [0.2, 0.25) is 5.91 Å². The molecule has 0 heterocycles. The summed E-state index contributed by atoms with van der Waals surface area (Å²) < 4.78 is -0.918. The Morgan fingerprint density at radius 1 is 1.41 bits per heavy atom. The molecular weight excluding hydrogens is 257 g/mol. The van der Waals surface area contributed by atoms with E-state index in [-0.39, 0.29) is 5.91 Å². The van der Waals surface area contributed by atoms with Gasteiger partial charge in [0, 0.05) is 5.69 Å². The third-order valence-corrected chi connectivity index (χ3v) is 4.51. The predicted molar refractivity (Wildman–Crippen MR) is 71.6 cm³/mol. The Hall–Kier alpha value is -0.730. The first-order chi connectivity index (χ1) is 7.90. The SMILES string of the molecule is CCc1ccccc1NC(=O)C1(C)CC1(Cl)Cl. The van der Waals surface area contributed by atoms with Crippen LogP contribution in [0.4, 0.5) is 5.69 Å². The maximum atomic E-state index is 12.1. The van der Waals surface area contributed by atoms with Crippen LogP contribution in [0.25, 0.3) is 0 Å². The summed E-state index contributed by atoms with van der Waals surface area (Å²) in [7, 11) is 0. The fraction of sp³-hybridized carbons (Fsp3) is 0.462. The fourth-order valence-electron chi connectivity index (χ4n) is 1.86. The monoisotopic (exact) mass is 271 g/mol. The molecule has 1 atom stereocenters. The summed E-state index contributed by atoms with van der Waals surface area (Å²) >= 11 is 12.0. The minimum atomic E-state index is -0.918. The van der Waals surface area contributed by atoms with E-state index in [1.54, 1.807) is 6.92 Å². The number of rotatable bonds is 3. The van der Waals surface area contributed by atoms with Crippen molar-refractivity contribution in [3.8, 4) is 0 Å². The maximum Gasteiger partial charge on any atom is 0.233 e. The Balaban J connectivity index is 2.15. The van der Waals surface area contributed by atoms with Crippen LogP contribution >= 0.6 is 23.2 Å². The van der Waals surface area contributed by atoms with Crippen molar-refractivity contribution in [3.05, 3.63) is 29.8 Å². The van der Waals surface area contributed by atoms with Gasteiger partial charge in [-0.25, -0.2) is 0 Å². The van der Waals surface area contributed by atoms with Crippen LogP contribution in [0.15, 0.2) is 24.3 Å². The molecule has 0 saturated heterocycles. The lowest BCUT2D eigenvalue weighted by Gasteiger charge is -2.14. The number of amides is 1. The first-order valence-corrected chi connectivity index (χ1v) is 6.43. The molecule has 1 N–H and O–H groups in total. The molecule has 1 amide bonds. The van der Waals surface area contributed by atoms with Gasteiger partial charge in [0.25, 0.3) is 0 Å². The summed E-state index contributed by atoms with van der Waals surface area (Å²) in [5, 5.41) is 2.91. The van der Waals surface area contributed by atoms with Crippen LogP contribution < -0.4 is 5.32 Å². The number of carbonyl (C=O) groups excluding carboxylic acids is 1. The normalized spacial score (nSPS) is 25.4. The molecule has 2 nitrogen and oxygen atoms in total. The number of hydrogen-bond acceptors (Lipinski definition) is 1. The van der Waals surface area contributed by atoms with Gasteiger partial charge in [0.15, 0.2) is 0 Å². The number of nitrogens with one attached hydrogen (secondary N) is 1. The number of benzene rings is 1. The van der Waals surface area contributed by atoms with Gasteiger partial charge >= 0.3 is 0 Å². The van der Waals surface area contributed by atoms with Crippen LogP contribution in [0.5, 0.6) is 0 Å². The molecule has 0 bridgehead atoms. The van der Waals surface area contributed by atoms with E-state index in [9.17, 15) is 4.79 Å². The third kappa shape index (κ3) is 2.16. The molecule has 4 heteroatoms. The van der Waals surface area contributed by atoms with Crippen LogP contribution in [0.1, 0.15) is 25.8 Å². The zero-order valence-electron chi connectivity index (χ0n) is 9.89. The number of alkyl halides is 2. The first kappa shape index (κ1) is 12.7. The van der Waals surface area contributed by atoms with Crippen LogP contribution in [0, 0.1) is 5.41 Å². The molecule has 2 rings (SSSR count). The Morgan fingerprint density at radius 2 is 2.00 bits per heavy atom. The van der Waals surface area contributed by atoms with E-state index in [0.29, 0.717) is 6.42 Å². The Kier molecular flexibility index (Phi) is 3.13. The third-order valence-electron chi connectivity index (χ3n) is 3.41. The topological polar surface area (TPSA) is 29.1 Å². The van der Waals surface area contributed by atoms with E-state index in [1.165, 1.54) is 0 Å². The van der Waals surface area contributed by atoms with Crippen LogP contribution in [-0.4, -0.2) is 10.2 Å². The molecule has 1 aliphatic rings. The summed E-state index contributed by atoms with van der Waals surface area (Å²) in [5.41, 5.74) is 1.29. The molecule has 1 aromatic carbocycles. The average molecular weight is 272 g/mol. The van der Waals surface area contributed by atoms with E-state index < -0.39 is 9.75 Å². The molecule has 0 radical (unpaired) electrons. The van der Waals surface area contributed by atoms with Gasteiger partial charge in [0.05, 0.1) is 5.41 Å². The summed E-state index contributed by atoms with van der Waals surface area (Å²) in [5.74, 6) is -0.108. The van der Waals surface area contributed by atoms with E-state index in [0.717, 1.165) is 17.7 Å². The molecule has 1 aliphatic carbocycles. The van der Waals surface area contributed by atoms with Gasteiger partial charge in [-0.05, 0) is 31.4 Å². The van der Waals surface area contributed by atoms with Gasteiger partial charge in [-0.15, -0.1) is 23.2 Å². The lowest BCUT2D eigenvalue weighted by atomic mass is 10.1. The lowest BCUT2D eigenvalue weighted by Crippen LogP contribution is -2.26. The van der Waals surface area contributed by atoms with Gasteiger partial charge in [-0.1, -0.05) is 25.1 Å². The number of para-hydroxylation sites is 1. The van der Waals surface area contributed by atoms with Crippen molar-refractivity contribution < 1.29 is 4.79 Å². The summed E-state index contributed by atoms with van der Waals surface area (Å²) in [6.45, 7) is 3.84. The summed E-state index contributed by atoms with van der Waals surface area (Å²) in [6, 6.07) is 7.76. The molecule has 1 saturated carbocycles. The Bertz CT molecular complexity index is 458. The molecule has 1 unspecified atom stereocenters. The molecular formula is C13H15Cl2NO. The second-order valence-corrected chi connectivity index (χ2v) is 6.16. The van der Waals surface area contributed by atoms with Gasteiger partial charge in [-0.3, -0.25) is 4.79 Å². The van der Waals surface area contributed by atoms with E-state index in [4.69, 9.17) is 23.2 Å². The molecule has 0 aliphatic heterocycles. The highest BCUT2D eigenvalue weighted by atomic mass is 35.5. The highest BCUT2D eigenvalue weighted by molar-refractivity contribution is 6.53. The van der Waals surface area contributed by atoms with Crippen molar-refractivity contribution in [1.82, 2.24) is 0 Å². The zero-order valence-corrected chi connectivity index (χ0v) is 11.4. The second-order valence-electron chi connectivity index (χ2n) is 4.68. The van der Waals surface area contributed by atoms with Crippen LogP contribution in [0.2, 0.25) is 0 Å². The number of carbonyl (C=O) groups is 1. The Labute approximate surface area is 111 Å². The number of aryl methyl sites for hydroxylation is 1. The second kappa shape index (κ2) is 4.18. The van der Waals surface area contributed by atoms with E-state index >= 15 is 0 Å². The maximum absolute atomic E-state index is 12.1. The highest BCUT2D eigenvalue weighted by Crippen LogP contribution is 2.64. The standard InChI is InChI=1S/C13H15Cl2NO/c1-3-9-6-4-5-7-10(9)16-11(17)12(2)8-13(12,14)15/h4-7H,3,8H2,1-2H3,(H,16,17).